The topological polar surface area (TPSA) is 51.8 Å². The lowest BCUT2D eigenvalue weighted by Gasteiger charge is -2.17. The molecule has 3 nitrogen and oxygen atoms in total. The van der Waals surface area contributed by atoms with E-state index in [9.17, 15) is 0 Å². The van der Waals surface area contributed by atoms with Gasteiger partial charge in [0.25, 0.3) is 0 Å². The van der Waals surface area contributed by atoms with Crippen LogP contribution in [0.15, 0.2) is 30.5 Å². The number of rotatable bonds is 1. The lowest BCUT2D eigenvalue weighted by molar-refractivity contribution is 0.546. The standard InChI is InChI=1S/C15H19N3/c1-10-6-5-7-11(8-10)12-9-17-14(15(2,3)4)18-13(12)16/h5-9H,1-4H3,(H2,16,17,18). The van der Waals surface area contributed by atoms with E-state index in [2.05, 4.69) is 49.8 Å². The van der Waals surface area contributed by atoms with Crippen molar-refractivity contribution in [1.29, 1.82) is 0 Å². The Bertz CT molecular complexity index is 568. The second kappa shape index (κ2) is 4.41. The third-order valence-corrected chi connectivity index (χ3v) is 2.82. The van der Waals surface area contributed by atoms with Crippen LogP contribution in [0.25, 0.3) is 11.1 Å². The molecule has 1 heterocycles. The number of benzene rings is 1. The summed E-state index contributed by atoms with van der Waals surface area (Å²) in [6.45, 7) is 8.29. The summed E-state index contributed by atoms with van der Waals surface area (Å²) in [5.74, 6) is 1.32. The van der Waals surface area contributed by atoms with Crippen molar-refractivity contribution in [2.24, 2.45) is 0 Å². The van der Waals surface area contributed by atoms with Gasteiger partial charge in [0.15, 0.2) is 0 Å². The molecule has 0 saturated carbocycles. The van der Waals surface area contributed by atoms with E-state index in [1.807, 2.05) is 18.3 Å². The average molecular weight is 241 g/mol. The molecule has 1 aromatic heterocycles. The third-order valence-electron chi connectivity index (χ3n) is 2.82. The molecule has 3 heteroatoms. The van der Waals surface area contributed by atoms with Crippen LogP contribution in [0.5, 0.6) is 0 Å². The Hall–Kier alpha value is -1.90. The molecule has 0 radical (unpaired) electrons. The quantitative estimate of drug-likeness (QED) is 0.833. The first kappa shape index (κ1) is 12.6. The fraction of sp³-hybridized carbons (Fsp3) is 0.333. The van der Waals surface area contributed by atoms with Gasteiger partial charge in [-0.15, -0.1) is 0 Å². The van der Waals surface area contributed by atoms with E-state index >= 15 is 0 Å². The lowest BCUT2D eigenvalue weighted by atomic mass is 9.95. The SMILES string of the molecule is Cc1cccc(-c2cnc(C(C)(C)C)nc2N)c1. The van der Waals surface area contributed by atoms with Gasteiger partial charge in [-0.1, -0.05) is 50.6 Å². The van der Waals surface area contributed by atoms with Crippen LogP contribution in [-0.4, -0.2) is 9.97 Å². The van der Waals surface area contributed by atoms with Crippen LogP contribution in [-0.2, 0) is 5.41 Å². The summed E-state index contributed by atoms with van der Waals surface area (Å²) in [5.41, 5.74) is 9.12. The molecular weight excluding hydrogens is 222 g/mol. The number of nitrogens with zero attached hydrogens (tertiary/aromatic N) is 2. The molecule has 0 bridgehead atoms. The number of aromatic nitrogens is 2. The normalized spacial score (nSPS) is 11.6. The highest BCUT2D eigenvalue weighted by Crippen LogP contribution is 2.27. The van der Waals surface area contributed by atoms with Gasteiger partial charge in [0.2, 0.25) is 0 Å². The Morgan fingerprint density at radius 1 is 1.17 bits per heavy atom. The van der Waals surface area contributed by atoms with E-state index < -0.39 is 0 Å². The first-order valence-corrected chi connectivity index (χ1v) is 6.08. The molecule has 0 spiro atoms. The molecule has 2 aromatic rings. The second-order valence-corrected chi connectivity index (χ2v) is 5.61. The maximum absolute atomic E-state index is 6.05. The Morgan fingerprint density at radius 3 is 2.44 bits per heavy atom. The molecule has 0 aliphatic carbocycles. The van der Waals surface area contributed by atoms with Gasteiger partial charge in [0.1, 0.15) is 11.6 Å². The van der Waals surface area contributed by atoms with Gasteiger partial charge < -0.3 is 5.73 Å². The van der Waals surface area contributed by atoms with E-state index in [1.165, 1.54) is 5.56 Å². The van der Waals surface area contributed by atoms with E-state index in [0.29, 0.717) is 5.82 Å². The van der Waals surface area contributed by atoms with Gasteiger partial charge in [0.05, 0.1) is 0 Å². The summed E-state index contributed by atoms with van der Waals surface area (Å²) >= 11 is 0. The van der Waals surface area contributed by atoms with E-state index in [1.54, 1.807) is 0 Å². The molecule has 0 saturated heterocycles. The van der Waals surface area contributed by atoms with E-state index in [-0.39, 0.29) is 5.41 Å². The molecule has 94 valence electrons. The van der Waals surface area contributed by atoms with Gasteiger partial charge in [-0.25, -0.2) is 9.97 Å². The van der Waals surface area contributed by atoms with Crippen LogP contribution >= 0.6 is 0 Å². The Morgan fingerprint density at radius 2 is 1.89 bits per heavy atom. The van der Waals surface area contributed by atoms with Crippen molar-refractivity contribution in [3.8, 4) is 11.1 Å². The van der Waals surface area contributed by atoms with Crippen LogP contribution in [0.3, 0.4) is 0 Å². The fourth-order valence-electron chi connectivity index (χ4n) is 1.79. The second-order valence-electron chi connectivity index (χ2n) is 5.61. The number of aryl methyl sites for hydroxylation is 1. The van der Waals surface area contributed by atoms with Gasteiger partial charge in [-0.3, -0.25) is 0 Å². The number of hydrogen-bond donors (Lipinski definition) is 1. The van der Waals surface area contributed by atoms with Crippen LogP contribution in [0.4, 0.5) is 5.82 Å². The lowest BCUT2D eigenvalue weighted by Crippen LogP contribution is -2.17. The molecule has 2 N–H and O–H groups in total. The molecule has 0 fully saturated rings. The van der Waals surface area contributed by atoms with E-state index in [4.69, 9.17) is 5.73 Å². The summed E-state index contributed by atoms with van der Waals surface area (Å²) in [6.07, 6.45) is 1.82. The van der Waals surface area contributed by atoms with E-state index in [0.717, 1.165) is 17.0 Å². The maximum atomic E-state index is 6.05. The third kappa shape index (κ3) is 2.50. The zero-order valence-electron chi connectivity index (χ0n) is 11.4. The minimum atomic E-state index is -0.0841. The predicted octanol–water partition coefficient (Wildman–Crippen LogP) is 3.33. The number of nitrogens with two attached hydrogens (primary N) is 1. The summed E-state index contributed by atoms with van der Waals surface area (Å²) < 4.78 is 0. The van der Waals surface area contributed by atoms with Crippen molar-refractivity contribution < 1.29 is 0 Å². The van der Waals surface area contributed by atoms with Crippen molar-refractivity contribution >= 4 is 5.82 Å². The Balaban J connectivity index is 2.48. The smallest absolute Gasteiger partial charge is 0.136 e. The largest absolute Gasteiger partial charge is 0.383 e. The molecular formula is C15H19N3. The molecule has 0 atom stereocenters. The molecule has 18 heavy (non-hydrogen) atoms. The zero-order chi connectivity index (χ0) is 13.3. The van der Waals surface area contributed by atoms with Crippen molar-refractivity contribution in [1.82, 2.24) is 9.97 Å². The summed E-state index contributed by atoms with van der Waals surface area (Å²) in [5, 5.41) is 0. The van der Waals surface area contributed by atoms with Crippen molar-refractivity contribution in [3.05, 3.63) is 41.9 Å². The van der Waals surface area contributed by atoms with Gasteiger partial charge >= 0.3 is 0 Å². The van der Waals surface area contributed by atoms with Crippen molar-refractivity contribution in [2.45, 2.75) is 33.1 Å². The number of nitrogen functional groups attached to an aromatic ring is 1. The number of hydrogen-bond acceptors (Lipinski definition) is 3. The molecule has 0 amide bonds. The highest BCUT2D eigenvalue weighted by molar-refractivity contribution is 5.73. The highest BCUT2D eigenvalue weighted by atomic mass is 15.0. The first-order valence-electron chi connectivity index (χ1n) is 6.08. The Labute approximate surface area is 108 Å². The van der Waals surface area contributed by atoms with Crippen molar-refractivity contribution in [2.75, 3.05) is 5.73 Å². The highest BCUT2D eigenvalue weighted by Gasteiger charge is 2.18. The van der Waals surface area contributed by atoms with Gasteiger partial charge in [0, 0.05) is 17.2 Å². The zero-order valence-corrected chi connectivity index (χ0v) is 11.4. The maximum Gasteiger partial charge on any atom is 0.136 e. The molecule has 0 aliphatic rings. The fourth-order valence-corrected chi connectivity index (χ4v) is 1.79. The van der Waals surface area contributed by atoms with Gasteiger partial charge in [-0.05, 0) is 12.5 Å². The minimum absolute atomic E-state index is 0.0841. The van der Waals surface area contributed by atoms with Crippen LogP contribution < -0.4 is 5.73 Å². The summed E-state index contributed by atoms with van der Waals surface area (Å²) in [7, 11) is 0. The molecule has 0 aliphatic heterocycles. The Kier molecular flexibility index (Phi) is 3.07. The van der Waals surface area contributed by atoms with Crippen LogP contribution in [0.2, 0.25) is 0 Å². The summed E-state index contributed by atoms with van der Waals surface area (Å²) in [6, 6.07) is 8.19. The summed E-state index contributed by atoms with van der Waals surface area (Å²) in [4.78, 5) is 8.84. The molecule has 2 rings (SSSR count). The molecule has 0 unspecified atom stereocenters. The van der Waals surface area contributed by atoms with Crippen molar-refractivity contribution in [3.63, 3.8) is 0 Å². The van der Waals surface area contributed by atoms with Crippen LogP contribution in [0.1, 0.15) is 32.2 Å². The van der Waals surface area contributed by atoms with Crippen LogP contribution in [0, 0.1) is 6.92 Å². The minimum Gasteiger partial charge on any atom is -0.383 e. The monoisotopic (exact) mass is 241 g/mol. The first-order chi connectivity index (χ1) is 8.38. The predicted molar refractivity (Wildman–Crippen MR) is 75.3 cm³/mol. The number of anilines is 1. The van der Waals surface area contributed by atoms with Gasteiger partial charge in [-0.2, -0.15) is 0 Å². The molecule has 1 aromatic carbocycles. The average Bonchev–Trinajstić information content (AvgIpc) is 2.27.